The predicted molar refractivity (Wildman–Crippen MR) is 114 cm³/mol. The van der Waals surface area contributed by atoms with E-state index in [4.69, 9.17) is 4.74 Å². The lowest BCUT2D eigenvalue weighted by Gasteiger charge is -2.42. The number of carbonyl (C=O) groups is 1. The van der Waals surface area contributed by atoms with Gasteiger partial charge >= 0.3 is 6.03 Å². The molecule has 154 valence electrons. The van der Waals surface area contributed by atoms with Crippen LogP contribution in [0.5, 0.6) is 5.75 Å². The van der Waals surface area contributed by atoms with Crippen LogP contribution in [0.2, 0.25) is 0 Å². The van der Waals surface area contributed by atoms with Crippen molar-refractivity contribution >= 4 is 12.1 Å². The Morgan fingerprint density at radius 3 is 2.66 bits per heavy atom. The van der Waals surface area contributed by atoms with Crippen LogP contribution in [0.4, 0.5) is 4.79 Å². The van der Waals surface area contributed by atoms with E-state index in [0.717, 1.165) is 47.5 Å². The number of aromatic nitrogens is 2. The number of para-hydroxylation sites is 1. The van der Waals surface area contributed by atoms with Crippen LogP contribution in [0.15, 0.2) is 30.3 Å². The lowest BCUT2D eigenvalue weighted by Crippen LogP contribution is -2.52. The predicted octanol–water partition coefficient (Wildman–Crippen LogP) is 4.14. The van der Waals surface area contributed by atoms with Gasteiger partial charge in [0.05, 0.1) is 11.7 Å². The lowest BCUT2D eigenvalue weighted by atomic mass is 9.88. The Bertz CT molecular complexity index is 938. The molecule has 29 heavy (non-hydrogen) atoms. The topological polar surface area (TPSA) is 59.4 Å². The van der Waals surface area contributed by atoms with Gasteiger partial charge in [-0.15, -0.1) is 0 Å². The van der Waals surface area contributed by atoms with E-state index in [1.54, 1.807) is 0 Å². The van der Waals surface area contributed by atoms with Gasteiger partial charge in [-0.05, 0) is 32.4 Å². The van der Waals surface area contributed by atoms with Crippen molar-refractivity contribution in [2.24, 2.45) is 7.05 Å². The molecule has 1 spiro atoms. The third kappa shape index (κ3) is 3.63. The molecule has 1 N–H and O–H groups in total. The maximum absolute atomic E-state index is 13.0. The van der Waals surface area contributed by atoms with Crippen molar-refractivity contribution in [3.63, 3.8) is 0 Å². The number of hydrogen-bond donors (Lipinski definition) is 1. The molecule has 0 bridgehead atoms. The molecule has 3 heterocycles. The van der Waals surface area contributed by atoms with E-state index in [1.165, 1.54) is 0 Å². The van der Waals surface area contributed by atoms with Crippen LogP contribution in [-0.4, -0.2) is 39.4 Å². The zero-order valence-electron chi connectivity index (χ0n) is 17.7. The second-order valence-corrected chi connectivity index (χ2v) is 8.14. The molecule has 1 atom stereocenters. The molecule has 2 aromatic rings. The van der Waals surface area contributed by atoms with Crippen molar-refractivity contribution in [3.05, 3.63) is 52.9 Å². The fraction of sp³-hybridized carbons (Fsp3) is 0.478. The molecule has 2 aliphatic rings. The Morgan fingerprint density at radius 1 is 1.28 bits per heavy atom. The number of aryl methyl sites for hydroxylation is 2. The third-order valence-electron chi connectivity index (χ3n) is 6.32. The molecule has 4 rings (SSSR count). The summed E-state index contributed by atoms with van der Waals surface area (Å²) in [5, 5.41) is 7.73. The first-order valence-corrected chi connectivity index (χ1v) is 10.5. The number of benzene rings is 1. The number of ether oxygens (including phenoxy) is 1. The maximum Gasteiger partial charge on any atom is 0.317 e. The second-order valence-electron chi connectivity index (χ2n) is 8.14. The summed E-state index contributed by atoms with van der Waals surface area (Å²) in [6.07, 6.45) is 6.75. The molecule has 0 radical (unpaired) electrons. The minimum Gasteiger partial charge on any atom is -0.482 e. The highest BCUT2D eigenvalue weighted by molar-refractivity contribution is 5.75. The molecule has 2 aliphatic heterocycles. The lowest BCUT2D eigenvalue weighted by molar-refractivity contribution is 0.0493. The van der Waals surface area contributed by atoms with Crippen molar-refractivity contribution in [3.8, 4) is 5.75 Å². The molecule has 0 saturated carbocycles. The number of carbonyl (C=O) groups excluding carboxylic acids is 1. The van der Waals surface area contributed by atoms with Crippen molar-refractivity contribution < 1.29 is 9.53 Å². The molecule has 1 fully saturated rings. The minimum atomic E-state index is -0.300. The van der Waals surface area contributed by atoms with Gasteiger partial charge in [0.25, 0.3) is 0 Å². The molecule has 1 saturated heterocycles. The summed E-state index contributed by atoms with van der Waals surface area (Å²) in [5.74, 6) is 0.932. The first-order valence-electron chi connectivity index (χ1n) is 10.5. The average Bonchev–Trinajstić information content (AvgIpc) is 2.98. The molecular weight excluding hydrogens is 364 g/mol. The van der Waals surface area contributed by atoms with Gasteiger partial charge in [0, 0.05) is 49.8 Å². The Morgan fingerprint density at radius 2 is 2.00 bits per heavy atom. The number of piperidine rings is 1. The molecular formula is C23H30N4O2. The van der Waals surface area contributed by atoms with E-state index in [-0.39, 0.29) is 17.7 Å². The quantitative estimate of drug-likeness (QED) is 0.851. The summed E-state index contributed by atoms with van der Waals surface area (Å²) in [6, 6.07) is 8.08. The Hall–Kier alpha value is -2.76. The number of likely N-dealkylation sites (tertiary alicyclic amines) is 1. The fourth-order valence-corrected chi connectivity index (χ4v) is 4.48. The van der Waals surface area contributed by atoms with Gasteiger partial charge in [-0.25, -0.2) is 4.79 Å². The molecule has 6 heteroatoms. The Labute approximate surface area is 172 Å². The number of urea groups is 1. The largest absolute Gasteiger partial charge is 0.482 e. The standard InChI is InChI=1S/C23H30N4O2/c1-5-19(21-16(2)25-26(4)17(21)3)24-22(28)27-14-12-23(13-15-27)11-10-18-8-6-7-9-20(18)29-23/h6-11,19H,5,12-15H2,1-4H3,(H,24,28). The highest BCUT2D eigenvalue weighted by Gasteiger charge is 2.38. The van der Waals surface area contributed by atoms with Gasteiger partial charge in [-0.3, -0.25) is 4.68 Å². The van der Waals surface area contributed by atoms with E-state index in [9.17, 15) is 4.79 Å². The molecule has 6 nitrogen and oxygen atoms in total. The van der Waals surface area contributed by atoms with Crippen molar-refractivity contribution in [1.29, 1.82) is 0 Å². The van der Waals surface area contributed by atoms with Crippen LogP contribution in [0.1, 0.15) is 54.7 Å². The van der Waals surface area contributed by atoms with Crippen molar-refractivity contribution in [2.45, 2.75) is 51.7 Å². The minimum absolute atomic E-state index is 0.00505. The van der Waals surface area contributed by atoms with Crippen LogP contribution in [0, 0.1) is 13.8 Å². The number of fused-ring (bicyclic) bond motifs is 1. The van der Waals surface area contributed by atoms with Crippen LogP contribution in [-0.2, 0) is 7.05 Å². The van der Waals surface area contributed by atoms with Gasteiger partial charge in [-0.2, -0.15) is 5.10 Å². The van der Waals surface area contributed by atoms with Crippen molar-refractivity contribution in [1.82, 2.24) is 20.0 Å². The van der Waals surface area contributed by atoms with E-state index < -0.39 is 0 Å². The van der Waals surface area contributed by atoms with Gasteiger partial charge in [0.1, 0.15) is 11.4 Å². The smallest absolute Gasteiger partial charge is 0.317 e. The van der Waals surface area contributed by atoms with E-state index >= 15 is 0 Å². The summed E-state index contributed by atoms with van der Waals surface area (Å²) < 4.78 is 8.22. The van der Waals surface area contributed by atoms with Gasteiger partial charge in [-0.1, -0.05) is 31.2 Å². The normalized spacial score (nSPS) is 18.3. The maximum atomic E-state index is 13.0. The molecule has 1 unspecified atom stereocenters. The number of amides is 2. The van der Waals surface area contributed by atoms with Crippen LogP contribution in [0.3, 0.4) is 0 Å². The molecule has 0 aliphatic carbocycles. The summed E-state index contributed by atoms with van der Waals surface area (Å²) in [4.78, 5) is 14.9. The van der Waals surface area contributed by atoms with E-state index in [2.05, 4.69) is 42.5 Å². The summed E-state index contributed by atoms with van der Waals surface area (Å²) in [6.45, 7) is 7.52. The Balaban J connectivity index is 1.40. The summed E-state index contributed by atoms with van der Waals surface area (Å²) in [5.41, 5.74) is 4.03. The van der Waals surface area contributed by atoms with Crippen LogP contribution < -0.4 is 10.1 Å². The highest BCUT2D eigenvalue weighted by Crippen LogP contribution is 2.37. The van der Waals surface area contributed by atoms with Crippen LogP contribution >= 0.6 is 0 Å². The number of nitrogens with one attached hydrogen (secondary N) is 1. The zero-order chi connectivity index (χ0) is 20.6. The monoisotopic (exact) mass is 394 g/mol. The number of hydrogen-bond acceptors (Lipinski definition) is 3. The number of rotatable bonds is 3. The van der Waals surface area contributed by atoms with Gasteiger partial charge in [0.15, 0.2) is 0 Å². The highest BCUT2D eigenvalue weighted by atomic mass is 16.5. The molecule has 1 aromatic heterocycles. The first kappa shape index (κ1) is 19.6. The second kappa shape index (κ2) is 7.58. The first-order chi connectivity index (χ1) is 13.9. The number of nitrogens with zero attached hydrogens (tertiary/aromatic N) is 3. The van der Waals surface area contributed by atoms with Crippen molar-refractivity contribution in [2.75, 3.05) is 13.1 Å². The summed E-state index contributed by atoms with van der Waals surface area (Å²) >= 11 is 0. The average molecular weight is 395 g/mol. The Kier molecular flexibility index (Phi) is 5.11. The van der Waals surface area contributed by atoms with E-state index in [1.807, 2.05) is 41.8 Å². The van der Waals surface area contributed by atoms with E-state index in [0.29, 0.717) is 13.1 Å². The SMILES string of the molecule is CCC(NC(=O)N1CCC2(C=Cc3ccccc3O2)CC1)c1c(C)nn(C)c1C. The fourth-order valence-electron chi connectivity index (χ4n) is 4.48. The van der Waals surface area contributed by atoms with Gasteiger partial charge in [0.2, 0.25) is 0 Å². The van der Waals surface area contributed by atoms with Crippen LogP contribution in [0.25, 0.3) is 6.08 Å². The molecule has 1 aromatic carbocycles. The van der Waals surface area contributed by atoms with Gasteiger partial charge < -0.3 is 15.0 Å². The zero-order valence-corrected chi connectivity index (χ0v) is 17.7. The molecule has 2 amide bonds. The summed E-state index contributed by atoms with van der Waals surface area (Å²) in [7, 11) is 1.94. The third-order valence-corrected chi connectivity index (χ3v) is 6.32.